The molecule has 0 spiro atoms. The fourth-order valence-corrected chi connectivity index (χ4v) is 3.51. The lowest BCUT2D eigenvalue weighted by Crippen LogP contribution is -2.71. The standard InChI is InChI=1S/C16H17ClN4O4S/c1-16(2)14(24)19-15(26)20-12(22)7-10(21(16)20)13(23)18-9-6-8(17)4-5-11(9)25-3/h4-6,10H,7H2,1-3H3,(H,18,23)(H,19,24,26)/t10-/m1/s1. The van der Waals surface area contributed by atoms with Gasteiger partial charge in [-0.05, 0) is 44.3 Å². The fraction of sp³-hybridized carbons (Fsp3) is 0.375. The Morgan fingerprint density at radius 3 is 2.77 bits per heavy atom. The SMILES string of the molecule is COc1ccc(Cl)cc1NC(=O)[C@H]1CC(=O)N2C(=S)NC(=O)C(C)(C)N12. The predicted octanol–water partition coefficient (Wildman–Crippen LogP) is 1.30. The Morgan fingerprint density at radius 1 is 1.42 bits per heavy atom. The lowest BCUT2D eigenvalue weighted by Gasteiger charge is -2.45. The zero-order valence-corrected chi connectivity index (χ0v) is 15.9. The number of anilines is 1. The van der Waals surface area contributed by atoms with Crippen LogP contribution in [0.3, 0.4) is 0 Å². The van der Waals surface area contributed by atoms with Gasteiger partial charge in [-0.25, -0.2) is 5.01 Å². The second kappa shape index (κ2) is 6.49. The highest BCUT2D eigenvalue weighted by atomic mass is 35.5. The van der Waals surface area contributed by atoms with Gasteiger partial charge in [-0.2, -0.15) is 5.01 Å². The molecular weight excluding hydrogens is 380 g/mol. The van der Waals surface area contributed by atoms with Gasteiger partial charge < -0.3 is 10.1 Å². The average Bonchev–Trinajstić information content (AvgIpc) is 2.92. The Morgan fingerprint density at radius 2 is 2.12 bits per heavy atom. The summed E-state index contributed by atoms with van der Waals surface area (Å²) in [7, 11) is 1.47. The van der Waals surface area contributed by atoms with E-state index in [9.17, 15) is 14.4 Å². The molecular formula is C16H17ClN4O4S. The first-order valence-electron chi connectivity index (χ1n) is 7.79. The summed E-state index contributed by atoms with van der Waals surface area (Å²) in [4.78, 5) is 37.6. The number of nitrogens with zero attached hydrogens (tertiary/aromatic N) is 2. The van der Waals surface area contributed by atoms with Crippen LogP contribution in [0.2, 0.25) is 5.02 Å². The number of hydrazine groups is 1. The van der Waals surface area contributed by atoms with E-state index in [-0.39, 0.29) is 23.3 Å². The maximum absolute atomic E-state index is 12.9. The van der Waals surface area contributed by atoms with E-state index in [1.807, 2.05) is 0 Å². The molecule has 2 aliphatic heterocycles. The van der Waals surface area contributed by atoms with Crippen molar-refractivity contribution in [2.24, 2.45) is 0 Å². The zero-order valence-electron chi connectivity index (χ0n) is 14.3. The third-order valence-electron chi connectivity index (χ3n) is 4.38. The summed E-state index contributed by atoms with van der Waals surface area (Å²) in [6, 6.07) is 3.90. The van der Waals surface area contributed by atoms with Crippen molar-refractivity contribution in [3.05, 3.63) is 23.2 Å². The van der Waals surface area contributed by atoms with E-state index < -0.39 is 17.5 Å². The molecule has 8 nitrogen and oxygen atoms in total. The lowest BCUT2D eigenvalue weighted by atomic mass is 10.00. The van der Waals surface area contributed by atoms with E-state index in [1.54, 1.807) is 32.0 Å². The van der Waals surface area contributed by atoms with Gasteiger partial charge in [0.1, 0.15) is 17.3 Å². The first-order valence-corrected chi connectivity index (χ1v) is 8.57. The normalized spacial score (nSPS) is 22.1. The molecule has 2 saturated heterocycles. The number of fused-ring (bicyclic) bond motifs is 1. The second-order valence-electron chi connectivity index (χ2n) is 6.42. The number of rotatable bonds is 3. The number of carbonyl (C=O) groups is 3. The Balaban J connectivity index is 1.92. The number of hydrogen-bond donors (Lipinski definition) is 2. The lowest BCUT2D eigenvalue weighted by molar-refractivity contribution is -0.154. The topological polar surface area (TPSA) is 91.0 Å². The molecule has 138 valence electrons. The van der Waals surface area contributed by atoms with Gasteiger partial charge in [0.15, 0.2) is 5.11 Å². The number of ether oxygens (including phenoxy) is 1. The minimum atomic E-state index is -1.13. The molecule has 1 aromatic carbocycles. The molecule has 2 N–H and O–H groups in total. The molecule has 3 amide bonds. The van der Waals surface area contributed by atoms with Gasteiger partial charge in [-0.15, -0.1) is 0 Å². The molecule has 2 aliphatic rings. The predicted molar refractivity (Wildman–Crippen MR) is 98.5 cm³/mol. The number of carbonyl (C=O) groups excluding carboxylic acids is 3. The van der Waals surface area contributed by atoms with Crippen LogP contribution in [0.25, 0.3) is 0 Å². The van der Waals surface area contributed by atoms with Crippen molar-refractivity contribution in [3.8, 4) is 5.75 Å². The molecule has 2 heterocycles. The first kappa shape index (κ1) is 18.6. The molecule has 3 rings (SSSR count). The molecule has 0 aromatic heterocycles. The minimum Gasteiger partial charge on any atom is -0.495 e. The highest BCUT2D eigenvalue weighted by molar-refractivity contribution is 7.80. The molecule has 26 heavy (non-hydrogen) atoms. The minimum absolute atomic E-state index is 0.0324. The van der Waals surface area contributed by atoms with E-state index >= 15 is 0 Å². The molecule has 1 atom stereocenters. The van der Waals surface area contributed by atoms with E-state index in [1.165, 1.54) is 17.1 Å². The van der Waals surface area contributed by atoms with Crippen molar-refractivity contribution in [1.29, 1.82) is 0 Å². The van der Waals surface area contributed by atoms with Crippen molar-refractivity contribution in [2.45, 2.75) is 31.8 Å². The average molecular weight is 397 g/mol. The van der Waals surface area contributed by atoms with Gasteiger partial charge in [-0.3, -0.25) is 19.7 Å². The van der Waals surface area contributed by atoms with Crippen LogP contribution in [-0.2, 0) is 14.4 Å². The maximum atomic E-state index is 12.9. The number of halogens is 1. The van der Waals surface area contributed by atoms with Crippen LogP contribution in [0, 0.1) is 0 Å². The van der Waals surface area contributed by atoms with E-state index in [0.29, 0.717) is 16.5 Å². The maximum Gasteiger partial charge on any atom is 0.248 e. The van der Waals surface area contributed by atoms with Crippen LogP contribution < -0.4 is 15.4 Å². The largest absolute Gasteiger partial charge is 0.495 e. The van der Waals surface area contributed by atoms with Crippen molar-refractivity contribution < 1.29 is 19.1 Å². The molecule has 0 unspecified atom stereocenters. The van der Waals surface area contributed by atoms with Crippen LogP contribution in [0.1, 0.15) is 20.3 Å². The number of thiocarbonyl (C=S) groups is 1. The van der Waals surface area contributed by atoms with Crippen LogP contribution in [0.5, 0.6) is 5.75 Å². The van der Waals surface area contributed by atoms with Crippen molar-refractivity contribution in [3.63, 3.8) is 0 Å². The van der Waals surface area contributed by atoms with Crippen molar-refractivity contribution in [1.82, 2.24) is 15.3 Å². The number of amides is 3. The summed E-state index contributed by atoms with van der Waals surface area (Å²) in [5.41, 5.74) is -0.757. The molecule has 1 aromatic rings. The summed E-state index contributed by atoms with van der Waals surface area (Å²) < 4.78 is 5.22. The molecule has 2 fully saturated rings. The summed E-state index contributed by atoms with van der Waals surface area (Å²) in [6.07, 6.45) is -0.104. The third kappa shape index (κ3) is 2.91. The van der Waals surface area contributed by atoms with Gasteiger partial charge in [0.05, 0.1) is 19.2 Å². The summed E-state index contributed by atoms with van der Waals surface area (Å²) >= 11 is 11.1. The van der Waals surface area contributed by atoms with E-state index in [4.69, 9.17) is 28.6 Å². The second-order valence-corrected chi connectivity index (χ2v) is 7.25. The van der Waals surface area contributed by atoms with Crippen LogP contribution >= 0.6 is 23.8 Å². The molecule has 0 radical (unpaired) electrons. The summed E-state index contributed by atoms with van der Waals surface area (Å²) in [5, 5.41) is 8.20. The molecule has 0 aliphatic carbocycles. The first-order chi connectivity index (χ1) is 12.2. The van der Waals surface area contributed by atoms with Crippen LogP contribution in [-0.4, -0.2) is 51.5 Å². The monoisotopic (exact) mass is 396 g/mol. The van der Waals surface area contributed by atoms with Gasteiger partial charge >= 0.3 is 0 Å². The van der Waals surface area contributed by atoms with E-state index in [2.05, 4.69) is 10.6 Å². The number of methoxy groups -OCH3 is 1. The van der Waals surface area contributed by atoms with Gasteiger partial charge in [-0.1, -0.05) is 11.6 Å². The Bertz CT molecular complexity index is 828. The number of benzene rings is 1. The molecule has 0 saturated carbocycles. The third-order valence-corrected chi connectivity index (χ3v) is 4.89. The van der Waals surface area contributed by atoms with Crippen LogP contribution in [0.4, 0.5) is 5.69 Å². The fourth-order valence-electron chi connectivity index (χ4n) is 3.05. The number of hydrogen-bond acceptors (Lipinski definition) is 6. The summed E-state index contributed by atoms with van der Waals surface area (Å²) in [6.45, 7) is 3.24. The molecule has 0 bridgehead atoms. The van der Waals surface area contributed by atoms with Gasteiger partial charge in [0, 0.05) is 5.02 Å². The van der Waals surface area contributed by atoms with Gasteiger partial charge in [0.25, 0.3) is 0 Å². The highest BCUT2D eigenvalue weighted by Crippen LogP contribution is 2.34. The quantitative estimate of drug-likeness (QED) is 0.748. The van der Waals surface area contributed by atoms with Crippen molar-refractivity contribution >= 4 is 52.3 Å². The highest BCUT2D eigenvalue weighted by Gasteiger charge is 2.56. The van der Waals surface area contributed by atoms with Crippen molar-refractivity contribution in [2.75, 3.05) is 12.4 Å². The Hall–Kier alpha value is -2.23. The van der Waals surface area contributed by atoms with Crippen LogP contribution in [0.15, 0.2) is 18.2 Å². The van der Waals surface area contributed by atoms with E-state index in [0.717, 1.165) is 0 Å². The zero-order chi connectivity index (χ0) is 19.2. The number of nitrogens with one attached hydrogen (secondary N) is 2. The summed E-state index contributed by atoms with van der Waals surface area (Å²) in [5.74, 6) is -0.782. The Labute approximate surface area is 160 Å². The molecule has 10 heteroatoms. The van der Waals surface area contributed by atoms with Gasteiger partial charge in [0.2, 0.25) is 17.7 Å². The Kier molecular flexibility index (Phi) is 4.63. The smallest absolute Gasteiger partial charge is 0.248 e.